The van der Waals surface area contributed by atoms with E-state index < -0.39 is 53.5 Å². The number of hydrogen-bond acceptors (Lipinski definition) is 14. The van der Waals surface area contributed by atoms with Crippen LogP contribution in [0, 0.1) is 12.3 Å². The third kappa shape index (κ3) is 12.6. The number of hydrogen-bond donors (Lipinski definition) is 6. The van der Waals surface area contributed by atoms with E-state index in [-0.39, 0.29) is 44.0 Å². The van der Waals surface area contributed by atoms with Crippen molar-refractivity contribution in [1.82, 2.24) is 50.6 Å². The maximum atomic E-state index is 14.1. The summed E-state index contributed by atoms with van der Waals surface area (Å²) in [4.78, 5) is 92.9. The second kappa shape index (κ2) is 22.8. The van der Waals surface area contributed by atoms with Crippen LogP contribution >= 0.6 is 22.9 Å². The van der Waals surface area contributed by atoms with Gasteiger partial charge in [0, 0.05) is 76.5 Å². The van der Waals surface area contributed by atoms with Crippen molar-refractivity contribution in [2.75, 3.05) is 70.5 Å². The Hall–Kier alpha value is -6.03. The van der Waals surface area contributed by atoms with Gasteiger partial charge in [-0.2, -0.15) is 0 Å². The number of nitrogens with one attached hydrogen (secondary N) is 4. The molecule has 3 aliphatic heterocycles. The Morgan fingerprint density at radius 3 is 2.35 bits per heavy atom. The van der Waals surface area contributed by atoms with E-state index in [4.69, 9.17) is 22.1 Å². The molecule has 1 unspecified atom stereocenters. The zero-order valence-electron chi connectivity index (χ0n) is 41.2. The predicted octanol–water partition coefficient (Wildman–Crippen LogP) is 3.56. The van der Waals surface area contributed by atoms with E-state index in [0.717, 1.165) is 44.1 Å². The summed E-state index contributed by atoms with van der Waals surface area (Å²) >= 11 is 7.80. The fraction of sp³-hybridized carbons (Fsp3) is 0.490. The third-order valence-corrected chi connectivity index (χ3v) is 15.2. The minimum Gasteiger partial charge on any atom is -0.391 e. The number of aromatic amines is 1. The van der Waals surface area contributed by atoms with E-state index in [9.17, 15) is 29.1 Å². The second-order valence-electron chi connectivity index (χ2n) is 20.1. The van der Waals surface area contributed by atoms with Crippen LogP contribution in [0.5, 0.6) is 0 Å². The summed E-state index contributed by atoms with van der Waals surface area (Å²) in [5, 5.41) is 21.1. The first kappa shape index (κ1) is 52.3. The fourth-order valence-corrected chi connectivity index (χ4v) is 10.6. The highest BCUT2D eigenvalue weighted by molar-refractivity contribution is 7.13. The summed E-state index contributed by atoms with van der Waals surface area (Å²) in [6.45, 7) is 10.6. The lowest BCUT2D eigenvalue weighted by Gasteiger charge is -2.39. The van der Waals surface area contributed by atoms with E-state index >= 15 is 0 Å². The zero-order chi connectivity index (χ0) is 51.2. The number of fused-ring (bicyclic) bond motifs is 1. The monoisotopic (exact) mass is 1020 g/mol. The minimum atomic E-state index is -1.06. The van der Waals surface area contributed by atoms with Gasteiger partial charge in [0.15, 0.2) is 0 Å². The molecule has 0 radical (unpaired) electrons. The summed E-state index contributed by atoms with van der Waals surface area (Å²) in [7, 11) is 0. The molecule has 3 fully saturated rings. The number of aromatic nitrogens is 4. The lowest BCUT2D eigenvalue weighted by atomic mass is 9.85. The Balaban J connectivity index is 0.774. The van der Waals surface area contributed by atoms with Crippen LogP contribution in [-0.4, -0.2) is 159 Å². The van der Waals surface area contributed by atoms with Gasteiger partial charge in [-0.15, -0.1) is 11.3 Å². The molecule has 4 atom stereocenters. The Morgan fingerprint density at radius 2 is 1.67 bits per heavy atom. The van der Waals surface area contributed by atoms with Gasteiger partial charge in [0.25, 0.3) is 0 Å². The number of amides is 5. The van der Waals surface area contributed by atoms with Crippen LogP contribution in [0.4, 0.5) is 5.82 Å². The number of carbonyl (C=O) groups excluding carboxylic acids is 5. The molecule has 384 valence electrons. The van der Waals surface area contributed by atoms with Crippen molar-refractivity contribution in [2.45, 2.75) is 89.7 Å². The summed E-state index contributed by atoms with van der Waals surface area (Å²) in [6, 6.07) is 14.9. The molecule has 3 saturated heterocycles. The molecule has 72 heavy (non-hydrogen) atoms. The van der Waals surface area contributed by atoms with E-state index in [2.05, 4.69) is 45.7 Å². The standard InChI is InChI=1S/C51H65ClN12O7S/c1-32-43(72-31-58-32)35-7-5-33(6-8-35)26-55-47(68)40-25-37(65)27-64(40)48(69)44(50(2,3)4)60-41(66)28-71-29-42(67)62-23-21-61(22-24-62)18-14-39(34-9-11-36(52)12-10-34)59-49(70)51(53)15-19-63(20-16-51)46-38-13-17-54-45(38)56-30-57-46/h5-13,17,30-31,37,39-40,44,65H,14-16,18-29,53H2,1-4H3,(H,55,68)(H,59,70)(H,60,66)(H,54,56,57)/t37-,39+,40+,44?/m1/s1. The molecule has 7 N–H and O–H groups in total. The highest BCUT2D eigenvalue weighted by Gasteiger charge is 2.45. The smallest absolute Gasteiger partial charge is 0.248 e. The number of aliphatic hydroxyl groups excluding tert-OH is 1. The number of thiazole rings is 1. The summed E-state index contributed by atoms with van der Waals surface area (Å²) in [5.74, 6) is -1.14. The second-order valence-corrected chi connectivity index (χ2v) is 21.4. The summed E-state index contributed by atoms with van der Waals surface area (Å²) in [6.07, 6.45) is 4.01. The number of piperazine rings is 1. The van der Waals surface area contributed by atoms with Gasteiger partial charge in [0.2, 0.25) is 29.5 Å². The maximum Gasteiger partial charge on any atom is 0.248 e. The van der Waals surface area contributed by atoms with Crippen molar-refractivity contribution in [2.24, 2.45) is 11.1 Å². The Labute approximate surface area is 428 Å². The number of rotatable bonds is 17. The molecular formula is C51H65ClN12O7S. The quantitative estimate of drug-likeness (QED) is 0.0782. The molecule has 3 aromatic heterocycles. The molecule has 0 aliphatic carbocycles. The number of nitrogens with zero attached hydrogens (tertiary/aromatic N) is 7. The van der Waals surface area contributed by atoms with Gasteiger partial charge in [-0.1, -0.05) is 68.8 Å². The Kier molecular flexibility index (Phi) is 16.6. The van der Waals surface area contributed by atoms with Gasteiger partial charge in [0.1, 0.15) is 43.1 Å². The molecule has 6 heterocycles. The van der Waals surface area contributed by atoms with Crippen molar-refractivity contribution < 1.29 is 33.8 Å². The fourth-order valence-electron chi connectivity index (χ4n) is 9.61. The average Bonchev–Trinajstić information content (AvgIpc) is 4.14. The molecule has 0 spiro atoms. The van der Waals surface area contributed by atoms with Gasteiger partial charge in [-0.05, 0) is 66.5 Å². The maximum absolute atomic E-state index is 14.1. The van der Waals surface area contributed by atoms with E-state index in [1.165, 1.54) is 11.2 Å². The predicted molar refractivity (Wildman–Crippen MR) is 275 cm³/mol. The molecule has 0 bridgehead atoms. The van der Waals surface area contributed by atoms with Crippen molar-refractivity contribution >= 4 is 69.3 Å². The van der Waals surface area contributed by atoms with E-state index in [1.54, 1.807) is 54.7 Å². The van der Waals surface area contributed by atoms with Crippen LogP contribution in [-0.2, 0) is 35.3 Å². The molecule has 3 aliphatic rings. The topological polar surface area (TPSA) is 244 Å². The number of carbonyl (C=O) groups is 5. The van der Waals surface area contributed by atoms with Crippen molar-refractivity contribution in [3.8, 4) is 10.4 Å². The first-order chi connectivity index (χ1) is 34.5. The van der Waals surface area contributed by atoms with Crippen molar-refractivity contribution in [3.63, 3.8) is 0 Å². The normalized spacial score (nSPS) is 19.2. The first-order valence-electron chi connectivity index (χ1n) is 24.5. The largest absolute Gasteiger partial charge is 0.391 e. The number of aliphatic hydroxyl groups is 1. The molecule has 5 aromatic rings. The van der Waals surface area contributed by atoms with E-state index in [1.807, 2.05) is 55.6 Å². The van der Waals surface area contributed by atoms with Crippen molar-refractivity contribution in [3.05, 3.63) is 94.5 Å². The SMILES string of the molecule is Cc1ncsc1-c1ccc(CNC(=O)[C@@H]2C[C@@H](O)CN2C(=O)C(NC(=O)COCC(=O)N2CCN(CC[C@H](NC(=O)C3(N)CCN(c4ncnc5[nH]ccc45)CC3)c3ccc(Cl)cc3)CC2)C(C)(C)C)cc1. The van der Waals surface area contributed by atoms with Crippen molar-refractivity contribution in [1.29, 1.82) is 0 Å². The van der Waals surface area contributed by atoms with Crippen LogP contribution in [0.3, 0.4) is 0 Å². The molecule has 2 aromatic carbocycles. The molecule has 8 rings (SSSR count). The summed E-state index contributed by atoms with van der Waals surface area (Å²) in [5.41, 5.74) is 11.3. The lowest BCUT2D eigenvalue weighted by molar-refractivity contribution is -0.145. The molecular weight excluding hydrogens is 960 g/mol. The van der Waals surface area contributed by atoms with Gasteiger partial charge in [-0.3, -0.25) is 28.9 Å². The number of nitrogens with two attached hydrogens (primary N) is 1. The van der Waals surface area contributed by atoms with Crippen LogP contribution in [0.2, 0.25) is 5.02 Å². The van der Waals surface area contributed by atoms with Gasteiger partial charge < -0.3 is 51.2 Å². The number of aryl methyl sites for hydroxylation is 1. The van der Waals surface area contributed by atoms with Crippen LogP contribution in [0.15, 0.2) is 72.6 Å². The highest BCUT2D eigenvalue weighted by Crippen LogP contribution is 2.31. The summed E-state index contributed by atoms with van der Waals surface area (Å²) < 4.78 is 5.60. The number of piperidine rings is 1. The van der Waals surface area contributed by atoms with Crippen LogP contribution < -0.4 is 26.6 Å². The number of anilines is 1. The zero-order valence-corrected chi connectivity index (χ0v) is 42.8. The van der Waals surface area contributed by atoms with Gasteiger partial charge in [0.05, 0.1) is 39.2 Å². The van der Waals surface area contributed by atoms with Gasteiger partial charge >= 0.3 is 0 Å². The number of halogens is 1. The highest BCUT2D eigenvalue weighted by atomic mass is 35.5. The Morgan fingerprint density at radius 1 is 0.944 bits per heavy atom. The molecule has 0 saturated carbocycles. The number of H-pyrrole nitrogens is 1. The van der Waals surface area contributed by atoms with Crippen LogP contribution in [0.1, 0.15) is 69.3 Å². The number of likely N-dealkylation sites (tertiary alicyclic amines) is 1. The Bertz CT molecular complexity index is 2700. The lowest BCUT2D eigenvalue weighted by Crippen LogP contribution is -2.60. The molecule has 5 amide bonds. The van der Waals surface area contributed by atoms with E-state index in [0.29, 0.717) is 70.1 Å². The van der Waals surface area contributed by atoms with Crippen LogP contribution in [0.25, 0.3) is 21.5 Å². The first-order valence-corrected chi connectivity index (χ1v) is 25.7. The minimum absolute atomic E-state index is 0.0564. The van der Waals surface area contributed by atoms with Gasteiger partial charge in [-0.25, -0.2) is 15.0 Å². The molecule has 19 nitrogen and oxygen atoms in total. The average molecular weight is 1030 g/mol. The third-order valence-electron chi connectivity index (χ3n) is 13.9. The number of ether oxygens (including phenoxy) is 1. The number of benzene rings is 2. The molecule has 21 heteroatoms. The number of β-amino-alcohol motifs (C(OH)–C–C–N with tert-alkyl or cyclic N) is 1.